The van der Waals surface area contributed by atoms with Crippen LogP contribution in [0, 0.1) is 0 Å². The van der Waals surface area contributed by atoms with Crippen LogP contribution < -0.4 is 15.8 Å². The molecular formula is C24H25F3N6O2. The summed E-state index contributed by atoms with van der Waals surface area (Å²) in [6, 6.07) is 4.57. The van der Waals surface area contributed by atoms with Crippen molar-refractivity contribution in [1.82, 2.24) is 25.2 Å². The lowest BCUT2D eigenvalue weighted by molar-refractivity contribution is -0.140. The van der Waals surface area contributed by atoms with Crippen molar-refractivity contribution in [2.24, 2.45) is 0 Å². The number of rotatable bonds is 4. The summed E-state index contributed by atoms with van der Waals surface area (Å²) in [7, 11) is 1.35. The van der Waals surface area contributed by atoms with Crippen LogP contribution in [-0.4, -0.2) is 59.0 Å². The first kappa shape index (κ1) is 23.3. The summed E-state index contributed by atoms with van der Waals surface area (Å²) in [4.78, 5) is 39.1. The van der Waals surface area contributed by atoms with Crippen LogP contribution in [0.2, 0.25) is 0 Å². The number of alkyl halides is 3. The molecule has 0 unspecified atom stereocenters. The minimum Gasteiger partial charge on any atom is -0.367 e. The van der Waals surface area contributed by atoms with Crippen LogP contribution in [-0.2, 0) is 25.6 Å². The molecule has 2 aliphatic rings. The Hall–Kier alpha value is -3.47. The lowest BCUT2D eigenvalue weighted by atomic mass is 10.1. The zero-order valence-electron chi connectivity index (χ0n) is 19.2. The van der Waals surface area contributed by atoms with Crippen LogP contribution in [0.4, 0.5) is 18.9 Å². The molecule has 3 aromatic rings. The maximum Gasteiger partial charge on any atom is 0.435 e. The van der Waals surface area contributed by atoms with Crippen molar-refractivity contribution in [2.45, 2.75) is 32.0 Å². The van der Waals surface area contributed by atoms with Crippen molar-refractivity contribution in [2.75, 3.05) is 38.1 Å². The molecule has 5 rings (SSSR count). The van der Waals surface area contributed by atoms with E-state index in [9.17, 15) is 22.8 Å². The van der Waals surface area contributed by atoms with Crippen molar-refractivity contribution < 1.29 is 18.0 Å². The van der Waals surface area contributed by atoms with Gasteiger partial charge in [0.05, 0.1) is 16.7 Å². The third-order valence-corrected chi connectivity index (χ3v) is 6.69. The van der Waals surface area contributed by atoms with E-state index >= 15 is 0 Å². The zero-order chi connectivity index (χ0) is 24.7. The normalized spacial score (nSPS) is 16.5. The van der Waals surface area contributed by atoms with E-state index in [1.54, 1.807) is 4.90 Å². The van der Waals surface area contributed by atoms with Gasteiger partial charge in [-0.1, -0.05) is 0 Å². The lowest BCUT2D eigenvalue weighted by Gasteiger charge is -2.37. The second-order valence-corrected chi connectivity index (χ2v) is 8.91. The van der Waals surface area contributed by atoms with Gasteiger partial charge in [-0.15, -0.1) is 0 Å². The number of aromatic amines is 1. The van der Waals surface area contributed by atoms with E-state index in [2.05, 4.69) is 25.2 Å². The summed E-state index contributed by atoms with van der Waals surface area (Å²) >= 11 is 0. The van der Waals surface area contributed by atoms with Gasteiger partial charge in [0.2, 0.25) is 0 Å². The van der Waals surface area contributed by atoms with Gasteiger partial charge in [-0.3, -0.25) is 19.5 Å². The predicted octanol–water partition coefficient (Wildman–Crippen LogP) is 2.51. The molecule has 184 valence electrons. The Kier molecular flexibility index (Phi) is 5.96. The van der Waals surface area contributed by atoms with E-state index in [0.717, 1.165) is 47.0 Å². The second kappa shape index (κ2) is 8.95. The number of piperazine rings is 1. The number of carbonyl (C=O) groups is 1. The smallest absolute Gasteiger partial charge is 0.367 e. The highest BCUT2D eigenvalue weighted by Gasteiger charge is 2.38. The van der Waals surface area contributed by atoms with Crippen molar-refractivity contribution in [3.05, 3.63) is 62.8 Å². The van der Waals surface area contributed by atoms with Crippen LogP contribution in [0.3, 0.4) is 0 Å². The van der Waals surface area contributed by atoms with Crippen molar-refractivity contribution in [3.8, 4) is 0 Å². The first-order valence-electron chi connectivity index (χ1n) is 11.5. The van der Waals surface area contributed by atoms with Crippen molar-refractivity contribution in [1.29, 1.82) is 0 Å². The van der Waals surface area contributed by atoms with Crippen molar-refractivity contribution in [3.63, 3.8) is 0 Å². The fourth-order valence-electron chi connectivity index (χ4n) is 4.96. The summed E-state index contributed by atoms with van der Waals surface area (Å²) in [5.74, 6) is -0.665. The van der Waals surface area contributed by atoms with Gasteiger partial charge in [0.1, 0.15) is 5.69 Å². The van der Waals surface area contributed by atoms with Crippen LogP contribution in [0.5, 0.6) is 0 Å². The monoisotopic (exact) mass is 486 g/mol. The van der Waals surface area contributed by atoms with Crippen LogP contribution in [0.25, 0.3) is 11.0 Å². The minimum atomic E-state index is -4.68. The average Bonchev–Trinajstić information content (AvgIpc) is 3.34. The molecule has 0 spiro atoms. The number of hydrogen-bond acceptors (Lipinski definition) is 6. The number of fused-ring (bicyclic) bond motifs is 3. The van der Waals surface area contributed by atoms with E-state index in [1.165, 1.54) is 19.2 Å². The van der Waals surface area contributed by atoms with E-state index in [4.69, 9.17) is 0 Å². The van der Waals surface area contributed by atoms with E-state index < -0.39 is 17.8 Å². The molecule has 8 nitrogen and oxygen atoms in total. The summed E-state index contributed by atoms with van der Waals surface area (Å²) in [5, 5.41) is 2.30. The summed E-state index contributed by atoms with van der Waals surface area (Å²) in [5.41, 5.74) is 2.99. The van der Waals surface area contributed by atoms with Gasteiger partial charge in [0.15, 0.2) is 5.69 Å². The van der Waals surface area contributed by atoms with Gasteiger partial charge in [-0.25, -0.2) is 4.98 Å². The number of amides is 1. The number of aryl methyl sites for hydroxylation is 1. The molecule has 1 fully saturated rings. The predicted molar refractivity (Wildman–Crippen MR) is 125 cm³/mol. The number of H-pyrrole nitrogens is 1. The number of nitrogens with zero attached hydrogens (tertiary/aromatic N) is 4. The Morgan fingerprint density at radius 3 is 2.60 bits per heavy atom. The quantitative estimate of drug-likeness (QED) is 0.589. The molecule has 1 aliphatic heterocycles. The molecule has 3 aromatic heterocycles. The SMILES string of the molecule is CNC(=O)c1ccc(N2CCN(Cc3cnc4c5c(c(=O)[nH]c4c3)CCC5)CC2)c(C(F)(F)F)n1. The third kappa shape index (κ3) is 4.47. The number of anilines is 1. The molecule has 1 amide bonds. The number of pyridine rings is 3. The zero-order valence-corrected chi connectivity index (χ0v) is 19.2. The number of nitrogens with one attached hydrogen (secondary N) is 2. The Bertz CT molecular complexity index is 1350. The van der Waals surface area contributed by atoms with Gasteiger partial charge in [-0.05, 0) is 48.6 Å². The van der Waals surface area contributed by atoms with Crippen LogP contribution in [0.1, 0.15) is 39.3 Å². The highest BCUT2D eigenvalue weighted by molar-refractivity contribution is 5.92. The molecule has 1 saturated heterocycles. The Morgan fingerprint density at radius 2 is 1.89 bits per heavy atom. The Labute approximate surface area is 199 Å². The van der Waals surface area contributed by atoms with Crippen LogP contribution >= 0.6 is 0 Å². The first-order valence-corrected chi connectivity index (χ1v) is 11.5. The summed E-state index contributed by atoms with van der Waals surface area (Å²) in [6.45, 7) is 2.45. The average molecular weight is 486 g/mol. The summed E-state index contributed by atoms with van der Waals surface area (Å²) < 4.78 is 41.1. The number of carbonyl (C=O) groups excluding carboxylic acids is 1. The molecule has 0 radical (unpaired) electrons. The van der Waals surface area contributed by atoms with Gasteiger partial charge >= 0.3 is 6.18 Å². The molecule has 4 heterocycles. The highest BCUT2D eigenvalue weighted by Crippen LogP contribution is 2.36. The molecule has 0 saturated carbocycles. The number of aromatic nitrogens is 3. The lowest BCUT2D eigenvalue weighted by Crippen LogP contribution is -2.46. The second-order valence-electron chi connectivity index (χ2n) is 8.91. The van der Waals surface area contributed by atoms with Gasteiger partial charge in [0.25, 0.3) is 11.5 Å². The number of halogens is 3. The standard InChI is InChI=1S/C24H25F3N6O2/c1-28-23(35)17-5-6-19(21(30-17)24(25,26)27)33-9-7-32(8-10-33)13-14-11-18-20(29-12-14)15-3-2-4-16(15)22(34)31-18/h5-6,11-12H,2-4,7-10,13H2,1H3,(H,28,35)(H,31,34). The van der Waals surface area contributed by atoms with Gasteiger partial charge in [-0.2, -0.15) is 13.2 Å². The molecule has 2 N–H and O–H groups in total. The molecule has 11 heteroatoms. The van der Waals surface area contributed by atoms with Crippen molar-refractivity contribution >= 4 is 22.6 Å². The highest BCUT2D eigenvalue weighted by atomic mass is 19.4. The topological polar surface area (TPSA) is 94.2 Å². The molecular weight excluding hydrogens is 461 g/mol. The van der Waals surface area contributed by atoms with Gasteiger partial charge < -0.3 is 15.2 Å². The summed E-state index contributed by atoms with van der Waals surface area (Å²) in [6.07, 6.45) is -0.248. The number of hydrogen-bond donors (Lipinski definition) is 2. The first-order chi connectivity index (χ1) is 16.7. The van der Waals surface area contributed by atoms with E-state index in [1.807, 2.05) is 12.3 Å². The molecule has 1 aliphatic carbocycles. The van der Waals surface area contributed by atoms with E-state index in [0.29, 0.717) is 32.7 Å². The fraction of sp³-hybridized carbons (Fsp3) is 0.417. The fourth-order valence-corrected chi connectivity index (χ4v) is 4.96. The molecule has 0 bridgehead atoms. The molecule has 0 aromatic carbocycles. The Morgan fingerprint density at radius 1 is 1.14 bits per heavy atom. The maximum atomic E-state index is 13.7. The largest absolute Gasteiger partial charge is 0.435 e. The molecule has 0 atom stereocenters. The maximum absolute atomic E-state index is 13.7. The third-order valence-electron chi connectivity index (χ3n) is 6.69. The van der Waals surface area contributed by atoms with Crippen LogP contribution in [0.15, 0.2) is 29.2 Å². The van der Waals surface area contributed by atoms with Gasteiger partial charge in [0, 0.05) is 51.5 Å². The minimum absolute atomic E-state index is 0.0244. The Balaban J connectivity index is 1.30. The molecule has 35 heavy (non-hydrogen) atoms. The van der Waals surface area contributed by atoms with E-state index in [-0.39, 0.29) is 16.9 Å².